The molecule has 0 amide bonds. The quantitative estimate of drug-likeness (QED) is 0.651. The lowest BCUT2D eigenvalue weighted by atomic mass is 10.2. The van der Waals surface area contributed by atoms with Crippen molar-refractivity contribution in [2.24, 2.45) is 0 Å². The predicted octanol–water partition coefficient (Wildman–Crippen LogP) is 4.21. The summed E-state index contributed by atoms with van der Waals surface area (Å²) in [5.74, 6) is 0.946. The van der Waals surface area contributed by atoms with Crippen LogP contribution < -0.4 is 5.73 Å². The van der Waals surface area contributed by atoms with Crippen molar-refractivity contribution in [3.63, 3.8) is 0 Å². The number of nitrogen functional groups attached to an aromatic ring is 1. The van der Waals surface area contributed by atoms with E-state index < -0.39 is 0 Å². The predicted molar refractivity (Wildman–Crippen MR) is 71.9 cm³/mol. The van der Waals surface area contributed by atoms with Crippen molar-refractivity contribution in [1.82, 2.24) is 0 Å². The Balaban J connectivity index is 2.03. The highest BCUT2D eigenvalue weighted by atomic mass is 35.5. The van der Waals surface area contributed by atoms with Gasteiger partial charge in [0.2, 0.25) is 0 Å². The summed E-state index contributed by atoms with van der Waals surface area (Å²) >= 11 is 7.62. The molecular weight excluding hydrogens is 238 g/mol. The van der Waals surface area contributed by atoms with Crippen molar-refractivity contribution in [2.75, 3.05) is 5.73 Å². The Hall–Kier alpha value is -1.12. The zero-order valence-electron chi connectivity index (χ0n) is 8.69. The molecule has 0 unspecified atom stereocenters. The Morgan fingerprint density at radius 3 is 2.50 bits per heavy atom. The molecule has 0 aliphatic carbocycles. The molecule has 0 aromatic heterocycles. The second kappa shape index (κ2) is 5.28. The minimum Gasteiger partial charge on any atom is -0.397 e. The Morgan fingerprint density at radius 2 is 1.81 bits per heavy atom. The lowest BCUT2D eigenvalue weighted by Crippen LogP contribution is -1.86. The zero-order valence-corrected chi connectivity index (χ0v) is 10.3. The zero-order chi connectivity index (χ0) is 11.4. The molecule has 0 fully saturated rings. The lowest BCUT2D eigenvalue weighted by molar-refractivity contribution is 1.38. The molecule has 1 nitrogen and oxygen atoms in total. The third-order valence-electron chi connectivity index (χ3n) is 2.22. The van der Waals surface area contributed by atoms with E-state index in [2.05, 4.69) is 12.1 Å². The molecule has 2 N–H and O–H groups in total. The molecule has 0 atom stereocenters. The van der Waals surface area contributed by atoms with Crippen LogP contribution in [-0.4, -0.2) is 0 Å². The van der Waals surface area contributed by atoms with E-state index in [0.29, 0.717) is 10.7 Å². The van der Waals surface area contributed by atoms with Gasteiger partial charge in [-0.1, -0.05) is 41.9 Å². The molecule has 0 aliphatic rings. The van der Waals surface area contributed by atoms with Crippen molar-refractivity contribution in [1.29, 1.82) is 0 Å². The summed E-state index contributed by atoms with van der Waals surface area (Å²) in [6, 6.07) is 16.1. The summed E-state index contributed by atoms with van der Waals surface area (Å²) < 4.78 is 0. The van der Waals surface area contributed by atoms with Gasteiger partial charge in [0, 0.05) is 10.6 Å². The van der Waals surface area contributed by atoms with Gasteiger partial charge in [0.1, 0.15) is 0 Å². The van der Waals surface area contributed by atoms with Crippen molar-refractivity contribution >= 4 is 29.1 Å². The molecule has 3 heteroatoms. The highest BCUT2D eigenvalue weighted by Gasteiger charge is 1.99. The number of anilines is 1. The number of hydrogen-bond donors (Lipinski definition) is 1. The molecule has 2 aromatic rings. The van der Waals surface area contributed by atoms with Gasteiger partial charge in [-0.2, -0.15) is 0 Å². The van der Waals surface area contributed by atoms with Gasteiger partial charge < -0.3 is 5.73 Å². The van der Waals surface area contributed by atoms with Crippen LogP contribution in [0.5, 0.6) is 0 Å². The molecule has 0 radical (unpaired) electrons. The molecular formula is C13H12ClNS. The fraction of sp³-hybridized carbons (Fsp3) is 0.0769. The SMILES string of the molecule is Nc1cc(SCc2ccccc2)ccc1Cl. The normalized spacial score (nSPS) is 10.3. The monoisotopic (exact) mass is 249 g/mol. The molecule has 2 aromatic carbocycles. The topological polar surface area (TPSA) is 26.0 Å². The average Bonchev–Trinajstić information content (AvgIpc) is 2.32. The van der Waals surface area contributed by atoms with Gasteiger partial charge >= 0.3 is 0 Å². The molecule has 0 heterocycles. The summed E-state index contributed by atoms with van der Waals surface area (Å²) in [6.07, 6.45) is 0. The van der Waals surface area contributed by atoms with Gasteiger partial charge in [-0.25, -0.2) is 0 Å². The number of rotatable bonds is 3. The largest absolute Gasteiger partial charge is 0.397 e. The van der Waals surface area contributed by atoms with Crippen LogP contribution in [0.2, 0.25) is 5.02 Å². The maximum absolute atomic E-state index is 5.86. The number of benzene rings is 2. The van der Waals surface area contributed by atoms with E-state index in [-0.39, 0.29) is 0 Å². The van der Waals surface area contributed by atoms with Gasteiger partial charge in [-0.3, -0.25) is 0 Å². The van der Waals surface area contributed by atoms with Crippen LogP contribution in [-0.2, 0) is 5.75 Å². The maximum Gasteiger partial charge on any atom is 0.0636 e. The van der Waals surface area contributed by atoms with Gasteiger partial charge in [0.25, 0.3) is 0 Å². The van der Waals surface area contributed by atoms with Crippen molar-refractivity contribution in [3.8, 4) is 0 Å². The van der Waals surface area contributed by atoms with Gasteiger partial charge in [0.15, 0.2) is 0 Å². The van der Waals surface area contributed by atoms with Crippen molar-refractivity contribution < 1.29 is 0 Å². The maximum atomic E-state index is 5.86. The third kappa shape index (κ3) is 2.94. The first kappa shape index (κ1) is 11.4. The van der Waals surface area contributed by atoms with E-state index in [9.17, 15) is 0 Å². The molecule has 16 heavy (non-hydrogen) atoms. The second-order valence-electron chi connectivity index (χ2n) is 3.46. The van der Waals surface area contributed by atoms with E-state index >= 15 is 0 Å². The summed E-state index contributed by atoms with van der Waals surface area (Å²) in [4.78, 5) is 1.14. The Kier molecular flexibility index (Phi) is 3.75. The average molecular weight is 250 g/mol. The van der Waals surface area contributed by atoms with Gasteiger partial charge in [-0.15, -0.1) is 11.8 Å². The standard InChI is InChI=1S/C13H12ClNS/c14-12-7-6-11(8-13(12)15)16-9-10-4-2-1-3-5-10/h1-8H,9,15H2. The fourth-order valence-corrected chi connectivity index (χ4v) is 2.37. The number of thioether (sulfide) groups is 1. The molecule has 82 valence electrons. The molecule has 0 bridgehead atoms. The summed E-state index contributed by atoms with van der Waals surface area (Å²) in [6.45, 7) is 0. The van der Waals surface area contributed by atoms with Crippen molar-refractivity contribution in [2.45, 2.75) is 10.6 Å². The van der Waals surface area contributed by atoms with E-state index in [4.69, 9.17) is 17.3 Å². The molecule has 2 rings (SSSR count). The third-order valence-corrected chi connectivity index (χ3v) is 3.62. The number of halogens is 1. The van der Waals surface area contributed by atoms with Gasteiger partial charge in [-0.05, 0) is 23.8 Å². The first-order chi connectivity index (χ1) is 7.75. The Morgan fingerprint density at radius 1 is 1.06 bits per heavy atom. The number of hydrogen-bond acceptors (Lipinski definition) is 2. The fourth-order valence-electron chi connectivity index (χ4n) is 1.35. The molecule has 0 saturated heterocycles. The van der Waals surface area contributed by atoms with E-state index in [1.165, 1.54) is 5.56 Å². The van der Waals surface area contributed by atoms with Crippen LogP contribution >= 0.6 is 23.4 Å². The molecule has 0 spiro atoms. The first-order valence-corrected chi connectivity index (χ1v) is 6.34. The van der Waals surface area contributed by atoms with E-state index in [1.807, 2.05) is 36.4 Å². The van der Waals surface area contributed by atoms with Crippen LogP contribution in [0.1, 0.15) is 5.56 Å². The van der Waals surface area contributed by atoms with Crippen LogP contribution in [0.3, 0.4) is 0 Å². The Bertz CT molecular complexity index is 471. The summed E-state index contributed by atoms with van der Waals surface area (Å²) in [5, 5.41) is 0.615. The van der Waals surface area contributed by atoms with Gasteiger partial charge in [0.05, 0.1) is 10.7 Å². The lowest BCUT2D eigenvalue weighted by Gasteiger charge is -2.04. The molecule has 0 aliphatic heterocycles. The Labute approximate surface area is 105 Å². The van der Waals surface area contributed by atoms with Crippen LogP contribution in [0, 0.1) is 0 Å². The summed E-state index contributed by atoms with van der Waals surface area (Å²) in [7, 11) is 0. The minimum atomic E-state index is 0.615. The van der Waals surface area contributed by atoms with E-state index in [0.717, 1.165) is 10.6 Å². The van der Waals surface area contributed by atoms with Crippen LogP contribution in [0.25, 0.3) is 0 Å². The van der Waals surface area contributed by atoms with Crippen LogP contribution in [0.4, 0.5) is 5.69 Å². The van der Waals surface area contributed by atoms with E-state index in [1.54, 1.807) is 11.8 Å². The first-order valence-electron chi connectivity index (χ1n) is 4.97. The minimum absolute atomic E-state index is 0.615. The molecule has 0 saturated carbocycles. The highest BCUT2D eigenvalue weighted by Crippen LogP contribution is 2.28. The van der Waals surface area contributed by atoms with Crippen LogP contribution in [0.15, 0.2) is 53.4 Å². The van der Waals surface area contributed by atoms with Crippen molar-refractivity contribution in [3.05, 3.63) is 59.1 Å². The highest BCUT2D eigenvalue weighted by molar-refractivity contribution is 7.98. The number of nitrogens with two attached hydrogens (primary N) is 1. The smallest absolute Gasteiger partial charge is 0.0636 e. The second-order valence-corrected chi connectivity index (χ2v) is 4.91. The summed E-state index contributed by atoms with van der Waals surface area (Å²) in [5.41, 5.74) is 7.69.